The van der Waals surface area contributed by atoms with Crippen LogP contribution < -0.4 is 9.62 Å². The molecule has 0 aliphatic rings. The highest BCUT2D eigenvalue weighted by molar-refractivity contribution is 7.93. The van der Waals surface area contributed by atoms with Gasteiger partial charge in [0, 0.05) is 23.9 Å². The number of amides is 1. The molecule has 0 saturated carbocycles. The molecule has 32 heavy (non-hydrogen) atoms. The van der Waals surface area contributed by atoms with E-state index >= 15 is 0 Å². The highest BCUT2D eigenvalue weighted by Crippen LogP contribution is 2.29. The number of nitro groups is 2. The minimum absolute atomic E-state index is 0.0975. The average molecular weight is 456 g/mol. The maximum Gasteiger partial charge on any atom is 0.289 e. The largest absolute Gasteiger partial charge is 0.324 e. The summed E-state index contributed by atoms with van der Waals surface area (Å²) in [7, 11) is -4.52. The van der Waals surface area contributed by atoms with Gasteiger partial charge in [-0.3, -0.25) is 29.3 Å². The van der Waals surface area contributed by atoms with Crippen LogP contribution in [0.4, 0.5) is 22.7 Å². The number of hydrogen-bond donors (Lipinski definition) is 1. The standard InChI is InChI=1S/C20H16N4O7S/c25-20(21-15-7-6-10-17(13-15)23(26)27)14-22(16-8-2-1-3-9-16)32(30,31)19-12-5-4-11-18(19)24(28)29/h1-13H,14H2,(H,21,25). The SMILES string of the molecule is O=C(CN(c1ccccc1)S(=O)(=O)c1ccccc1[N+](=O)[O-])Nc1cccc([N+](=O)[O-])c1. The third kappa shape index (κ3) is 4.87. The molecule has 0 heterocycles. The zero-order valence-corrected chi connectivity index (χ0v) is 17.1. The lowest BCUT2D eigenvalue weighted by atomic mass is 10.3. The van der Waals surface area contributed by atoms with Gasteiger partial charge < -0.3 is 5.32 Å². The van der Waals surface area contributed by atoms with Crippen LogP contribution in [0.2, 0.25) is 0 Å². The first-order valence-corrected chi connectivity index (χ1v) is 10.5. The minimum atomic E-state index is -4.52. The predicted octanol–water partition coefficient (Wildman–Crippen LogP) is 3.34. The molecule has 0 aliphatic carbocycles. The van der Waals surface area contributed by atoms with Crippen LogP contribution in [0, 0.1) is 20.2 Å². The molecule has 12 heteroatoms. The number of rotatable bonds is 8. The van der Waals surface area contributed by atoms with Gasteiger partial charge in [-0.2, -0.15) is 0 Å². The maximum absolute atomic E-state index is 13.3. The summed E-state index contributed by atoms with van der Waals surface area (Å²) in [6, 6.07) is 17.6. The number of sulfonamides is 1. The molecule has 0 aliphatic heterocycles. The van der Waals surface area contributed by atoms with Crippen molar-refractivity contribution in [2.45, 2.75) is 4.90 Å². The molecule has 3 aromatic rings. The van der Waals surface area contributed by atoms with E-state index < -0.39 is 42.9 Å². The lowest BCUT2D eigenvalue weighted by molar-refractivity contribution is -0.387. The number of benzene rings is 3. The topological polar surface area (TPSA) is 153 Å². The number of nitro benzene ring substituents is 2. The summed E-state index contributed by atoms with van der Waals surface area (Å²) in [5.74, 6) is -0.795. The number of nitrogens with zero attached hydrogens (tertiary/aromatic N) is 3. The van der Waals surface area contributed by atoms with Crippen molar-refractivity contribution in [3.05, 3.63) is 99.1 Å². The predicted molar refractivity (Wildman–Crippen MR) is 116 cm³/mol. The Labute approximate surface area is 182 Å². The summed E-state index contributed by atoms with van der Waals surface area (Å²) in [5.41, 5.74) is -0.678. The molecular weight excluding hydrogens is 440 g/mol. The fraction of sp³-hybridized carbons (Fsp3) is 0.0500. The molecule has 3 aromatic carbocycles. The Morgan fingerprint density at radius 1 is 0.875 bits per heavy atom. The summed E-state index contributed by atoms with van der Waals surface area (Å²) >= 11 is 0. The quantitative estimate of drug-likeness (QED) is 0.403. The second-order valence-electron chi connectivity index (χ2n) is 6.43. The number of nitrogens with one attached hydrogen (secondary N) is 1. The van der Waals surface area contributed by atoms with E-state index in [1.807, 2.05) is 0 Å². The molecule has 0 unspecified atom stereocenters. The lowest BCUT2D eigenvalue weighted by Crippen LogP contribution is -2.38. The molecule has 3 rings (SSSR count). The lowest BCUT2D eigenvalue weighted by Gasteiger charge is -2.24. The smallest absolute Gasteiger partial charge is 0.289 e. The number of carbonyl (C=O) groups is 1. The number of anilines is 2. The first kappa shape index (κ1) is 22.4. The van der Waals surface area contributed by atoms with Gasteiger partial charge >= 0.3 is 0 Å². The molecular formula is C20H16N4O7S. The van der Waals surface area contributed by atoms with Gasteiger partial charge in [-0.15, -0.1) is 0 Å². The van der Waals surface area contributed by atoms with Crippen molar-refractivity contribution in [2.24, 2.45) is 0 Å². The van der Waals surface area contributed by atoms with Gasteiger partial charge in [0.25, 0.3) is 21.4 Å². The Bertz CT molecular complexity index is 1280. The van der Waals surface area contributed by atoms with Gasteiger partial charge in [-0.1, -0.05) is 36.4 Å². The van der Waals surface area contributed by atoms with Crippen molar-refractivity contribution in [1.82, 2.24) is 0 Å². The zero-order chi connectivity index (χ0) is 23.3. The van der Waals surface area contributed by atoms with E-state index in [4.69, 9.17) is 0 Å². The Hall–Kier alpha value is -4.32. The van der Waals surface area contributed by atoms with Gasteiger partial charge in [0.1, 0.15) is 6.54 Å². The maximum atomic E-state index is 13.3. The van der Waals surface area contributed by atoms with Crippen molar-refractivity contribution in [3.63, 3.8) is 0 Å². The van der Waals surface area contributed by atoms with Gasteiger partial charge in [0.05, 0.1) is 15.5 Å². The number of non-ortho nitro benzene ring substituents is 1. The zero-order valence-electron chi connectivity index (χ0n) is 16.3. The Kier molecular flexibility index (Phi) is 6.45. The molecule has 164 valence electrons. The second kappa shape index (κ2) is 9.22. The molecule has 11 nitrogen and oxygen atoms in total. The van der Waals surface area contributed by atoms with Crippen LogP contribution in [0.3, 0.4) is 0 Å². The van der Waals surface area contributed by atoms with Crippen LogP contribution in [-0.2, 0) is 14.8 Å². The molecule has 0 bridgehead atoms. The first-order chi connectivity index (χ1) is 15.2. The van der Waals surface area contributed by atoms with Gasteiger partial charge in [0.2, 0.25) is 5.91 Å². The molecule has 0 radical (unpaired) electrons. The third-order valence-corrected chi connectivity index (χ3v) is 6.12. The van der Waals surface area contributed by atoms with E-state index in [2.05, 4.69) is 5.32 Å². The number of hydrogen-bond acceptors (Lipinski definition) is 7. The summed E-state index contributed by atoms with van der Waals surface area (Å²) in [5, 5.41) is 24.7. The van der Waals surface area contributed by atoms with Crippen molar-refractivity contribution >= 4 is 38.7 Å². The molecule has 1 amide bonds. The average Bonchev–Trinajstić information content (AvgIpc) is 2.78. The van der Waals surface area contributed by atoms with Crippen LogP contribution in [-0.4, -0.2) is 30.7 Å². The molecule has 0 atom stereocenters. The van der Waals surface area contributed by atoms with E-state index in [0.717, 1.165) is 22.5 Å². The van der Waals surface area contributed by atoms with Crippen LogP contribution >= 0.6 is 0 Å². The molecule has 0 fully saturated rings. The monoisotopic (exact) mass is 456 g/mol. The van der Waals surface area contributed by atoms with Crippen molar-refractivity contribution < 1.29 is 23.1 Å². The van der Waals surface area contributed by atoms with Crippen LogP contribution in [0.5, 0.6) is 0 Å². The number of carbonyl (C=O) groups excluding carboxylic acids is 1. The summed E-state index contributed by atoms with van der Waals surface area (Å²) < 4.78 is 27.4. The van der Waals surface area contributed by atoms with Crippen LogP contribution in [0.1, 0.15) is 0 Å². The Morgan fingerprint density at radius 3 is 2.19 bits per heavy atom. The third-order valence-electron chi connectivity index (χ3n) is 4.30. The first-order valence-electron chi connectivity index (χ1n) is 9.05. The highest BCUT2D eigenvalue weighted by Gasteiger charge is 2.33. The molecule has 0 spiro atoms. The second-order valence-corrected chi connectivity index (χ2v) is 8.26. The van der Waals surface area contributed by atoms with E-state index in [-0.39, 0.29) is 17.1 Å². The van der Waals surface area contributed by atoms with Crippen molar-refractivity contribution in [1.29, 1.82) is 0 Å². The van der Waals surface area contributed by atoms with Crippen molar-refractivity contribution in [3.8, 4) is 0 Å². The summed E-state index contributed by atoms with van der Waals surface area (Å²) in [6.07, 6.45) is 0. The number of para-hydroxylation sites is 2. The summed E-state index contributed by atoms with van der Waals surface area (Å²) in [4.78, 5) is 32.9. The fourth-order valence-electron chi connectivity index (χ4n) is 2.88. The fourth-order valence-corrected chi connectivity index (χ4v) is 4.46. The van der Waals surface area contributed by atoms with Crippen LogP contribution in [0.15, 0.2) is 83.8 Å². The van der Waals surface area contributed by atoms with Gasteiger partial charge in [-0.05, 0) is 24.3 Å². The van der Waals surface area contributed by atoms with Gasteiger partial charge in [-0.25, -0.2) is 8.42 Å². The van der Waals surface area contributed by atoms with E-state index in [1.165, 1.54) is 42.5 Å². The van der Waals surface area contributed by atoms with E-state index in [9.17, 15) is 33.4 Å². The van der Waals surface area contributed by atoms with Crippen LogP contribution in [0.25, 0.3) is 0 Å². The summed E-state index contributed by atoms with van der Waals surface area (Å²) in [6.45, 7) is -0.721. The molecule has 1 N–H and O–H groups in total. The molecule has 0 saturated heterocycles. The van der Waals surface area contributed by atoms with Gasteiger partial charge in [0.15, 0.2) is 4.90 Å². The molecule has 0 aromatic heterocycles. The normalized spacial score (nSPS) is 10.9. The Morgan fingerprint density at radius 2 is 1.53 bits per heavy atom. The minimum Gasteiger partial charge on any atom is -0.324 e. The van der Waals surface area contributed by atoms with E-state index in [0.29, 0.717) is 0 Å². The van der Waals surface area contributed by atoms with E-state index in [1.54, 1.807) is 18.2 Å². The Balaban J connectivity index is 1.98. The highest BCUT2D eigenvalue weighted by atomic mass is 32.2. The van der Waals surface area contributed by atoms with Crippen molar-refractivity contribution in [2.75, 3.05) is 16.2 Å².